The summed E-state index contributed by atoms with van der Waals surface area (Å²) in [4.78, 5) is 12.1. The molecule has 0 unspecified atom stereocenters. The van der Waals surface area contributed by atoms with Crippen molar-refractivity contribution in [3.63, 3.8) is 0 Å². The number of halogens is 1. The van der Waals surface area contributed by atoms with Crippen molar-refractivity contribution in [1.29, 1.82) is 0 Å². The molecule has 0 bridgehead atoms. The van der Waals surface area contributed by atoms with Gasteiger partial charge in [0.2, 0.25) is 0 Å². The summed E-state index contributed by atoms with van der Waals surface area (Å²) in [6, 6.07) is 12.8. The molecule has 0 heterocycles. The summed E-state index contributed by atoms with van der Waals surface area (Å²) in [5.41, 5.74) is 1.09. The molecule has 0 aromatic heterocycles. The van der Waals surface area contributed by atoms with Gasteiger partial charge in [-0.3, -0.25) is 4.79 Å². The van der Waals surface area contributed by atoms with Crippen LogP contribution in [0.3, 0.4) is 0 Å². The Kier molecular flexibility index (Phi) is 4.37. The second kappa shape index (κ2) is 6.60. The number of carbonyl (C=O) groups is 1. The van der Waals surface area contributed by atoms with Crippen molar-refractivity contribution in [2.75, 3.05) is 5.32 Å². The highest BCUT2D eigenvalue weighted by molar-refractivity contribution is 6.04. The number of benzene rings is 2. The maximum atomic E-state index is 12.9. The summed E-state index contributed by atoms with van der Waals surface area (Å²) in [5, 5.41) is 2.80. The van der Waals surface area contributed by atoms with Crippen LogP contribution in [0.2, 0.25) is 0 Å². The third kappa shape index (κ3) is 3.64. The van der Waals surface area contributed by atoms with Gasteiger partial charge in [-0.15, -0.1) is 0 Å². The quantitative estimate of drug-likeness (QED) is 0.908. The van der Waals surface area contributed by atoms with Gasteiger partial charge >= 0.3 is 0 Å². The van der Waals surface area contributed by atoms with Crippen molar-refractivity contribution in [3.8, 4) is 5.75 Å². The molecule has 2 aromatic rings. The van der Waals surface area contributed by atoms with E-state index in [0.29, 0.717) is 11.3 Å². The largest absolute Gasteiger partial charge is 0.490 e. The second-order valence-electron chi connectivity index (χ2n) is 5.51. The van der Waals surface area contributed by atoms with Gasteiger partial charge in [-0.1, -0.05) is 6.07 Å². The number of ether oxygens (including phenoxy) is 1. The van der Waals surface area contributed by atoms with Crippen LogP contribution in [0.25, 0.3) is 0 Å². The van der Waals surface area contributed by atoms with Gasteiger partial charge in [0.25, 0.3) is 5.91 Å². The van der Waals surface area contributed by atoms with Gasteiger partial charge in [-0.05, 0) is 62.1 Å². The van der Waals surface area contributed by atoms with Crippen LogP contribution in [0.1, 0.15) is 36.0 Å². The summed E-state index contributed by atoms with van der Waals surface area (Å²) in [6.45, 7) is 0. The molecule has 0 saturated heterocycles. The van der Waals surface area contributed by atoms with E-state index in [4.69, 9.17) is 4.74 Å². The first-order valence-corrected chi connectivity index (χ1v) is 7.54. The molecular formula is C18H18FNO2. The van der Waals surface area contributed by atoms with E-state index in [1.165, 1.54) is 37.1 Å². The number of amides is 1. The van der Waals surface area contributed by atoms with Crippen LogP contribution < -0.4 is 10.1 Å². The molecule has 22 heavy (non-hydrogen) atoms. The fraction of sp³-hybridized carbons (Fsp3) is 0.278. The van der Waals surface area contributed by atoms with Crippen LogP contribution in [0.5, 0.6) is 5.75 Å². The molecule has 4 heteroatoms. The van der Waals surface area contributed by atoms with E-state index >= 15 is 0 Å². The van der Waals surface area contributed by atoms with Crippen LogP contribution in [0.4, 0.5) is 10.1 Å². The monoisotopic (exact) mass is 299 g/mol. The third-order valence-corrected chi connectivity index (χ3v) is 3.80. The fourth-order valence-electron chi connectivity index (χ4n) is 2.65. The minimum absolute atomic E-state index is 0.266. The zero-order valence-corrected chi connectivity index (χ0v) is 12.2. The molecule has 1 N–H and O–H groups in total. The molecule has 0 atom stereocenters. The first-order valence-electron chi connectivity index (χ1n) is 7.54. The molecular weight excluding hydrogens is 281 g/mol. The average molecular weight is 299 g/mol. The SMILES string of the molecule is O=C(Nc1cccc(OC2CCCC2)c1)c1ccc(F)cc1. The first-order chi connectivity index (χ1) is 10.7. The lowest BCUT2D eigenvalue weighted by molar-refractivity contribution is 0.102. The third-order valence-electron chi connectivity index (χ3n) is 3.80. The fourth-order valence-corrected chi connectivity index (χ4v) is 2.65. The van der Waals surface area contributed by atoms with E-state index in [2.05, 4.69) is 5.32 Å². The number of hydrogen-bond acceptors (Lipinski definition) is 2. The highest BCUT2D eigenvalue weighted by atomic mass is 19.1. The maximum absolute atomic E-state index is 12.9. The van der Waals surface area contributed by atoms with E-state index in [0.717, 1.165) is 18.6 Å². The minimum atomic E-state index is -0.358. The van der Waals surface area contributed by atoms with Crippen molar-refractivity contribution < 1.29 is 13.9 Å². The lowest BCUT2D eigenvalue weighted by Crippen LogP contribution is -2.13. The number of anilines is 1. The Morgan fingerprint density at radius 1 is 1.09 bits per heavy atom. The Hall–Kier alpha value is -2.36. The summed E-state index contributed by atoms with van der Waals surface area (Å²) in [5.74, 6) is 0.144. The van der Waals surface area contributed by atoms with Crippen LogP contribution in [-0.4, -0.2) is 12.0 Å². The molecule has 1 saturated carbocycles. The Bertz CT molecular complexity index is 648. The highest BCUT2D eigenvalue weighted by Gasteiger charge is 2.16. The topological polar surface area (TPSA) is 38.3 Å². The van der Waals surface area contributed by atoms with Crippen molar-refractivity contribution >= 4 is 11.6 Å². The average Bonchev–Trinajstić information content (AvgIpc) is 3.01. The van der Waals surface area contributed by atoms with Gasteiger partial charge in [-0.25, -0.2) is 4.39 Å². The Morgan fingerprint density at radius 3 is 2.55 bits per heavy atom. The van der Waals surface area contributed by atoms with E-state index in [9.17, 15) is 9.18 Å². The number of hydrogen-bond donors (Lipinski definition) is 1. The van der Waals surface area contributed by atoms with Gasteiger partial charge in [-0.2, -0.15) is 0 Å². The van der Waals surface area contributed by atoms with Crippen LogP contribution >= 0.6 is 0 Å². The normalized spacial score (nSPS) is 14.8. The van der Waals surface area contributed by atoms with E-state index in [1.54, 1.807) is 0 Å². The maximum Gasteiger partial charge on any atom is 0.255 e. The van der Waals surface area contributed by atoms with Crippen LogP contribution in [0.15, 0.2) is 48.5 Å². The molecule has 114 valence electrons. The summed E-state index contributed by atoms with van der Waals surface area (Å²) in [7, 11) is 0. The van der Waals surface area contributed by atoms with Gasteiger partial charge in [0.1, 0.15) is 11.6 Å². The lowest BCUT2D eigenvalue weighted by atomic mass is 10.2. The zero-order chi connectivity index (χ0) is 15.4. The zero-order valence-electron chi connectivity index (χ0n) is 12.2. The summed E-state index contributed by atoms with van der Waals surface area (Å²) < 4.78 is 18.8. The van der Waals surface area contributed by atoms with E-state index < -0.39 is 0 Å². The van der Waals surface area contributed by atoms with Crippen molar-refractivity contribution in [2.45, 2.75) is 31.8 Å². The second-order valence-corrected chi connectivity index (χ2v) is 5.51. The van der Waals surface area contributed by atoms with Gasteiger partial charge in [0.05, 0.1) is 6.10 Å². The van der Waals surface area contributed by atoms with E-state index in [-0.39, 0.29) is 17.8 Å². The standard InChI is InChI=1S/C18H18FNO2/c19-14-10-8-13(9-11-14)18(21)20-15-4-3-7-17(12-15)22-16-5-1-2-6-16/h3-4,7-12,16H,1-2,5-6H2,(H,20,21). The van der Waals surface area contributed by atoms with Crippen molar-refractivity contribution in [2.24, 2.45) is 0 Å². The molecule has 3 rings (SSSR count). The van der Waals surface area contributed by atoms with Crippen molar-refractivity contribution in [3.05, 3.63) is 59.9 Å². The molecule has 2 aromatic carbocycles. The highest BCUT2D eigenvalue weighted by Crippen LogP contribution is 2.25. The predicted molar refractivity (Wildman–Crippen MR) is 83.7 cm³/mol. The molecule has 1 amide bonds. The Morgan fingerprint density at radius 2 is 1.82 bits per heavy atom. The number of carbonyl (C=O) groups excluding carboxylic acids is 1. The smallest absolute Gasteiger partial charge is 0.255 e. The Balaban J connectivity index is 1.66. The van der Waals surface area contributed by atoms with Gasteiger partial charge < -0.3 is 10.1 Å². The minimum Gasteiger partial charge on any atom is -0.490 e. The first kappa shape index (κ1) is 14.6. The summed E-state index contributed by atoms with van der Waals surface area (Å²) >= 11 is 0. The molecule has 1 aliphatic rings. The molecule has 3 nitrogen and oxygen atoms in total. The predicted octanol–water partition coefficient (Wildman–Crippen LogP) is 4.40. The number of rotatable bonds is 4. The molecule has 0 radical (unpaired) electrons. The molecule has 1 aliphatic carbocycles. The Labute approximate surface area is 129 Å². The molecule has 0 aliphatic heterocycles. The lowest BCUT2D eigenvalue weighted by Gasteiger charge is -2.14. The van der Waals surface area contributed by atoms with Gasteiger partial charge in [0, 0.05) is 17.3 Å². The van der Waals surface area contributed by atoms with Crippen LogP contribution in [0, 0.1) is 5.82 Å². The summed E-state index contributed by atoms with van der Waals surface area (Å²) in [6.07, 6.45) is 4.89. The van der Waals surface area contributed by atoms with Gasteiger partial charge in [0.15, 0.2) is 0 Å². The van der Waals surface area contributed by atoms with E-state index in [1.807, 2.05) is 24.3 Å². The molecule has 1 fully saturated rings. The number of nitrogens with one attached hydrogen (secondary N) is 1. The molecule has 0 spiro atoms. The van der Waals surface area contributed by atoms with Crippen LogP contribution in [-0.2, 0) is 0 Å². The van der Waals surface area contributed by atoms with Crippen molar-refractivity contribution in [1.82, 2.24) is 0 Å².